The molecule has 0 atom stereocenters. The molecule has 0 fully saturated rings. The van der Waals surface area contributed by atoms with Gasteiger partial charge in [0.2, 0.25) is 0 Å². The monoisotopic (exact) mass is 231 g/mol. The summed E-state index contributed by atoms with van der Waals surface area (Å²) in [5, 5.41) is 18.6. The van der Waals surface area contributed by atoms with Crippen LogP contribution in [0.2, 0.25) is 5.02 Å². The smallest absolute Gasteiger partial charge is 0.269 e. The zero-order valence-electron chi connectivity index (χ0n) is 8.52. The van der Waals surface area contributed by atoms with Gasteiger partial charge >= 0.3 is 0 Å². The number of benzene rings is 1. The minimum Gasteiger partial charge on any atom is -0.396 e. The summed E-state index contributed by atoms with van der Waals surface area (Å²) in [5.41, 5.74) is 0.0596. The van der Waals surface area contributed by atoms with Crippen LogP contribution in [0.4, 0.5) is 5.69 Å². The van der Waals surface area contributed by atoms with E-state index in [0.717, 1.165) is 12.8 Å². The molecule has 0 spiro atoms. The van der Waals surface area contributed by atoms with E-state index in [1.165, 1.54) is 24.3 Å². The van der Waals surface area contributed by atoms with E-state index in [-0.39, 0.29) is 5.69 Å². The number of nitro groups is 1. The van der Waals surface area contributed by atoms with Crippen molar-refractivity contribution >= 4 is 17.3 Å². The maximum Gasteiger partial charge on any atom is 0.269 e. The van der Waals surface area contributed by atoms with Crippen molar-refractivity contribution in [2.24, 2.45) is 0 Å². The molecule has 1 N–H and O–H groups in total. The van der Waals surface area contributed by atoms with Crippen LogP contribution in [0.3, 0.4) is 0 Å². The van der Waals surface area contributed by atoms with E-state index in [2.05, 4.69) is 6.92 Å². The Labute approximate surface area is 93.6 Å². The summed E-state index contributed by atoms with van der Waals surface area (Å²) < 4.78 is 0. The highest BCUT2D eigenvalue weighted by Crippen LogP contribution is 2.14. The van der Waals surface area contributed by atoms with Crippen molar-refractivity contribution in [3.05, 3.63) is 39.4 Å². The summed E-state index contributed by atoms with van der Waals surface area (Å²) in [5.74, 6) is 0. The topological polar surface area (TPSA) is 63.4 Å². The number of non-ortho nitro benzene ring substituents is 1. The standard InChI is InChI=1S/C6H4ClNO2.C4H10O/c7-5-1-3-6(4-2-5)8(9)10;1-2-3-4-5/h1-4H;5H,2-4H2,1H3. The molecule has 0 aromatic heterocycles. The fraction of sp³-hybridized carbons (Fsp3) is 0.400. The summed E-state index contributed by atoms with van der Waals surface area (Å²) in [7, 11) is 0. The Morgan fingerprint density at radius 2 is 1.93 bits per heavy atom. The molecule has 1 aromatic rings. The number of aliphatic hydroxyl groups is 1. The second kappa shape index (κ2) is 8.20. The Bertz CT molecular complexity index is 285. The van der Waals surface area contributed by atoms with Gasteiger partial charge < -0.3 is 5.11 Å². The Morgan fingerprint density at radius 3 is 2.20 bits per heavy atom. The lowest BCUT2D eigenvalue weighted by Gasteiger charge is -1.88. The van der Waals surface area contributed by atoms with Crippen LogP contribution in [0, 0.1) is 10.1 Å². The molecule has 0 unspecified atom stereocenters. The van der Waals surface area contributed by atoms with E-state index in [1.54, 1.807) is 0 Å². The second-order valence-corrected chi connectivity index (χ2v) is 3.25. The van der Waals surface area contributed by atoms with Crippen LogP contribution in [0.5, 0.6) is 0 Å². The highest BCUT2D eigenvalue weighted by atomic mass is 35.5. The Morgan fingerprint density at radius 1 is 1.40 bits per heavy atom. The van der Waals surface area contributed by atoms with Crippen molar-refractivity contribution in [1.29, 1.82) is 0 Å². The maximum atomic E-state index is 10.1. The van der Waals surface area contributed by atoms with Crippen molar-refractivity contribution in [1.82, 2.24) is 0 Å². The molecule has 0 aliphatic carbocycles. The average molecular weight is 232 g/mol. The van der Waals surface area contributed by atoms with Crippen LogP contribution in [-0.2, 0) is 0 Å². The van der Waals surface area contributed by atoms with Gasteiger partial charge in [0, 0.05) is 23.8 Å². The molecule has 0 saturated carbocycles. The molecule has 0 aliphatic heterocycles. The zero-order chi connectivity index (χ0) is 11.7. The molecule has 84 valence electrons. The van der Waals surface area contributed by atoms with Crippen molar-refractivity contribution in [3.8, 4) is 0 Å². The van der Waals surface area contributed by atoms with Gasteiger partial charge in [-0.3, -0.25) is 10.1 Å². The lowest BCUT2D eigenvalue weighted by atomic mass is 10.3. The summed E-state index contributed by atoms with van der Waals surface area (Å²) in [6, 6.07) is 5.70. The van der Waals surface area contributed by atoms with E-state index in [9.17, 15) is 10.1 Å². The minimum atomic E-state index is -0.462. The first-order valence-corrected chi connectivity index (χ1v) is 5.00. The van der Waals surface area contributed by atoms with E-state index in [4.69, 9.17) is 16.7 Å². The van der Waals surface area contributed by atoms with Crippen LogP contribution in [0.1, 0.15) is 19.8 Å². The molecule has 0 aliphatic rings. The van der Waals surface area contributed by atoms with E-state index < -0.39 is 4.92 Å². The molecule has 0 heterocycles. The number of hydrogen-bond donors (Lipinski definition) is 1. The Kier molecular flexibility index (Phi) is 7.58. The van der Waals surface area contributed by atoms with Gasteiger partial charge in [0.25, 0.3) is 5.69 Å². The van der Waals surface area contributed by atoms with Gasteiger partial charge in [0.05, 0.1) is 4.92 Å². The third-order valence-corrected chi connectivity index (χ3v) is 1.80. The number of unbranched alkanes of at least 4 members (excludes halogenated alkanes) is 1. The fourth-order valence-electron chi connectivity index (χ4n) is 0.721. The van der Waals surface area contributed by atoms with Crippen molar-refractivity contribution < 1.29 is 10.0 Å². The molecule has 5 heteroatoms. The third kappa shape index (κ3) is 6.88. The normalized spacial score (nSPS) is 9.00. The molecular formula is C10H14ClNO3. The minimum absolute atomic E-state index is 0.0596. The first-order valence-electron chi connectivity index (χ1n) is 4.62. The SMILES string of the molecule is CCCCO.O=[N+]([O-])c1ccc(Cl)cc1. The van der Waals surface area contributed by atoms with Gasteiger partial charge in [-0.15, -0.1) is 0 Å². The second-order valence-electron chi connectivity index (χ2n) is 2.81. The molecule has 0 bridgehead atoms. The summed E-state index contributed by atoms with van der Waals surface area (Å²) >= 11 is 5.49. The Hall–Kier alpha value is -1.13. The van der Waals surface area contributed by atoms with Crippen molar-refractivity contribution in [3.63, 3.8) is 0 Å². The molecule has 0 saturated heterocycles. The summed E-state index contributed by atoms with van der Waals surface area (Å²) in [4.78, 5) is 9.61. The highest BCUT2D eigenvalue weighted by Gasteiger charge is 2.01. The highest BCUT2D eigenvalue weighted by molar-refractivity contribution is 6.30. The van der Waals surface area contributed by atoms with Crippen LogP contribution in [-0.4, -0.2) is 16.6 Å². The lowest BCUT2D eigenvalue weighted by Crippen LogP contribution is -1.85. The first kappa shape index (κ1) is 13.9. The molecule has 4 nitrogen and oxygen atoms in total. The van der Waals surface area contributed by atoms with E-state index in [1.807, 2.05) is 0 Å². The molecule has 15 heavy (non-hydrogen) atoms. The molecule has 0 radical (unpaired) electrons. The van der Waals surface area contributed by atoms with Crippen molar-refractivity contribution in [2.45, 2.75) is 19.8 Å². The number of rotatable bonds is 3. The number of halogens is 1. The quantitative estimate of drug-likeness (QED) is 0.642. The van der Waals surface area contributed by atoms with Gasteiger partial charge in [-0.1, -0.05) is 24.9 Å². The largest absolute Gasteiger partial charge is 0.396 e. The molecule has 0 amide bonds. The van der Waals surface area contributed by atoms with Gasteiger partial charge in [0.15, 0.2) is 0 Å². The molecule has 1 rings (SSSR count). The number of nitro benzene ring substituents is 1. The predicted molar refractivity (Wildman–Crippen MR) is 60.1 cm³/mol. The van der Waals surface area contributed by atoms with Crippen LogP contribution < -0.4 is 0 Å². The van der Waals surface area contributed by atoms with Crippen LogP contribution in [0.25, 0.3) is 0 Å². The van der Waals surface area contributed by atoms with Gasteiger partial charge in [-0.25, -0.2) is 0 Å². The zero-order valence-corrected chi connectivity index (χ0v) is 9.28. The van der Waals surface area contributed by atoms with E-state index >= 15 is 0 Å². The third-order valence-electron chi connectivity index (χ3n) is 1.55. The Balaban J connectivity index is 0.000000336. The lowest BCUT2D eigenvalue weighted by molar-refractivity contribution is -0.384. The van der Waals surface area contributed by atoms with Gasteiger partial charge in [0.1, 0.15) is 0 Å². The number of hydrogen-bond acceptors (Lipinski definition) is 3. The first-order chi connectivity index (χ1) is 7.11. The predicted octanol–water partition coefficient (Wildman–Crippen LogP) is 3.03. The fourth-order valence-corrected chi connectivity index (χ4v) is 0.847. The van der Waals surface area contributed by atoms with Gasteiger partial charge in [-0.05, 0) is 18.6 Å². The number of nitrogens with zero attached hydrogens (tertiary/aromatic N) is 1. The number of aliphatic hydroxyl groups excluding tert-OH is 1. The summed E-state index contributed by atoms with van der Waals surface area (Å²) in [6.45, 7) is 2.40. The molecular weight excluding hydrogens is 218 g/mol. The van der Waals surface area contributed by atoms with E-state index in [0.29, 0.717) is 11.6 Å². The van der Waals surface area contributed by atoms with Gasteiger partial charge in [-0.2, -0.15) is 0 Å². The maximum absolute atomic E-state index is 10.1. The average Bonchev–Trinajstić information content (AvgIpc) is 2.20. The van der Waals surface area contributed by atoms with Crippen LogP contribution in [0.15, 0.2) is 24.3 Å². The van der Waals surface area contributed by atoms with Crippen LogP contribution >= 0.6 is 11.6 Å². The van der Waals surface area contributed by atoms with Crippen molar-refractivity contribution in [2.75, 3.05) is 6.61 Å². The molecule has 1 aromatic carbocycles. The summed E-state index contributed by atoms with van der Waals surface area (Å²) in [6.07, 6.45) is 2.04.